The van der Waals surface area contributed by atoms with Crippen molar-refractivity contribution >= 4 is 45.6 Å². The average Bonchev–Trinajstić information content (AvgIpc) is 3.58. The Balaban J connectivity index is 1.63. The lowest BCUT2D eigenvalue weighted by Crippen LogP contribution is -2.61. The first-order valence-electron chi connectivity index (χ1n) is 15.0. The number of rotatable bonds is 10. The fourth-order valence-electron chi connectivity index (χ4n) is 5.05. The molecule has 2 atom stereocenters. The normalized spacial score (nSPS) is 13.2. The van der Waals surface area contributed by atoms with Crippen LogP contribution in [0.15, 0.2) is 60.9 Å². The largest absolute Gasteiger partial charge is 0.444 e. The zero-order valence-corrected chi connectivity index (χ0v) is 27.3. The molecular weight excluding hydrogens is 572 g/mol. The van der Waals surface area contributed by atoms with Gasteiger partial charge in [-0.2, -0.15) is 0 Å². The molecule has 0 saturated heterocycles. The number of amides is 4. The first-order chi connectivity index (χ1) is 21.1. The third-order valence-electron chi connectivity index (χ3n) is 8.14. The van der Waals surface area contributed by atoms with Crippen LogP contribution < -0.4 is 10.6 Å². The summed E-state index contributed by atoms with van der Waals surface area (Å²) < 4.78 is 5.49. The van der Waals surface area contributed by atoms with Gasteiger partial charge in [0, 0.05) is 68.1 Å². The Morgan fingerprint density at radius 3 is 1.82 bits per heavy atom. The molecule has 0 aliphatic rings. The maximum atomic E-state index is 14.1. The molecule has 0 fully saturated rings. The van der Waals surface area contributed by atoms with Gasteiger partial charge in [0.25, 0.3) is 0 Å². The number of hydrogen-bond acceptors (Lipinski definition) is 5. The van der Waals surface area contributed by atoms with Crippen molar-refractivity contribution in [3.63, 3.8) is 0 Å². The van der Waals surface area contributed by atoms with Crippen molar-refractivity contribution in [3.05, 3.63) is 72.1 Å². The van der Waals surface area contributed by atoms with Gasteiger partial charge >= 0.3 is 6.09 Å². The van der Waals surface area contributed by atoms with E-state index in [0.29, 0.717) is 6.42 Å². The number of benzene rings is 2. The minimum atomic E-state index is -1.36. The molecule has 2 aromatic carbocycles. The minimum absolute atomic E-state index is 0.164. The fourth-order valence-corrected chi connectivity index (χ4v) is 5.05. The van der Waals surface area contributed by atoms with E-state index in [2.05, 4.69) is 20.6 Å². The van der Waals surface area contributed by atoms with Gasteiger partial charge in [-0.05, 0) is 57.9 Å². The summed E-state index contributed by atoms with van der Waals surface area (Å²) in [5.74, 6) is -1.23. The van der Waals surface area contributed by atoms with Crippen LogP contribution in [-0.4, -0.2) is 81.0 Å². The third kappa shape index (κ3) is 7.65. The lowest BCUT2D eigenvalue weighted by molar-refractivity contribution is -0.137. The summed E-state index contributed by atoms with van der Waals surface area (Å²) in [6.45, 7) is 9.87. The molecule has 2 heterocycles. The van der Waals surface area contributed by atoms with E-state index in [1.807, 2.05) is 60.9 Å². The molecule has 0 bridgehead atoms. The Morgan fingerprint density at radius 1 is 0.800 bits per heavy atom. The number of carbonyl (C=O) groups is 4. The number of fused-ring (bicyclic) bond motifs is 2. The maximum absolute atomic E-state index is 14.1. The van der Waals surface area contributed by atoms with E-state index in [1.54, 1.807) is 41.7 Å². The molecule has 0 unspecified atom stereocenters. The number of aromatic amines is 2. The summed E-state index contributed by atoms with van der Waals surface area (Å²) in [6.07, 6.45) is 2.83. The van der Waals surface area contributed by atoms with E-state index in [0.717, 1.165) is 32.9 Å². The van der Waals surface area contributed by atoms with Crippen LogP contribution in [0.2, 0.25) is 0 Å². The SMILES string of the molecule is CC(=O)N(C)[C@H](Cc1c[nH]c2ccccc12)NC(=O)[C@@H](Cc1c[nH]c2ccccc12)NC(=O)C(C)(C)N(C)C(=O)OC(C)(C)C. The van der Waals surface area contributed by atoms with Crippen molar-refractivity contribution < 1.29 is 23.9 Å². The molecule has 4 aromatic rings. The summed E-state index contributed by atoms with van der Waals surface area (Å²) in [4.78, 5) is 62.4. The highest BCUT2D eigenvalue weighted by Gasteiger charge is 2.40. The molecule has 4 N–H and O–H groups in total. The third-order valence-corrected chi connectivity index (χ3v) is 8.14. The Hall–Kier alpha value is -4.80. The quantitative estimate of drug-likeness (QED) is 0.195. The summed E-state index contributed by atoms with van der Waals surface area (Å²) >= 11 is 0. The second-order valence-electron chi connectivity index (χ2n) is 12.9. The van der Waals surface area contributed by atoms with E-state index < -0.39 is 41.3 Å². The number of H-pyrrole nitrogens is 2. The first kappa shape index (κ1) is 33.1. The molecule has 4 amide bonds. The Morgan fingerprint density at radius 2 is 1.31 bits per heavy atom. The van der Waals surface area contributed by atoms with Gasteiger partial charge in [-0.25, -0.2) is 4.79 Å². The number of likely N-dealkylation sites (N-methyl/N-ethyl adjacent to an activating group) is 2. The standard InChI is InChI=1S/C34H44N6O5/c1-21(41)39(7)29(18-23-20-36-27-16-12-10-14-25(23)27)38-30(42)28(17-22-19-35-26-15-11-9-13-24(22)26)37-31(43)34(5,6)40(8)32(44)45-33(2,3)4/h9-16,19-20,28-29,35-36H,17-18H2,1-8H3,(H,37,43)(H,38,42)/t28-,29-/m1/s1. The van der Waals surface area contributed by atoms with Gasteiger partial charge in [-0.1, -0.05) is 36.4 Å². The fraction of sp³-hybridized carbons (Fsp3) is 0.412. The van der Waals surface area contributed by atoms with Crippen molar-refractivity contribution in [2.45, 2.75) is 77.7 Å². The summed E-state index contributed by atoms with van der Waals surface area (Å²) in [5.41, 5.74) is 1.50. The highest BCUT2D eigenvalue weighted by molar-refractivity contribution is 5.94. The van der Waals surface area contributed by atoms with Gasteiger partial charge in [0.1, 0.15) is 23.3 Å². The van der Waals surface area contributed by atoms with Crippen LogP contribution in [0, 0.1) is 0 Å². The Kier molecular flexibility index (Phi) is 9.60. The van der Waals surface area contributed by atoms with Gasteiger partial charge in [0.15, 0.2) is 0 Å². The molecular formula is C34H44N6O5. The zero-order chi connectivity index (χ0) is 33.1. The highest BCUT2D eigenvalue weighted by atomic mass is 16.6. The van der Waals surface area contributed by atoms with Crippen LogP contribution in [0.4, 0.5) is 4.79 Å². The number of aromatic nitrogens is 2. The maximum Gasteiger partial charge on any atom is 0.410 e. The summed E-state index contributed by atoms with van der Waals surface area (Å²) in [5, 5.41) is 7.83. The van der Waals surface area contributed by atoms with E-state index in [9.17, 15) is 19.2 Å². The minimum Gasteiger partial charge on any atom is -0.444 e. The molecule has 2 aromatic heterocycles. The average molecular weight is 617 g/mol. The van der Waals surface area contributed by atoms with Crippen LogP contribution in [0.3, 0.4) is 0 Å². The number of nitrogens with one attached hydrogen (secondary N) is 4. The molecule has 4 rings (SSSR count). The molecule has 0 aliphatic heterocycles. The Bertz CT molecular complexity index is 1700. The number of nitrogens with zero attached hydrogens (tertiary/aromatic N) is 2. The van der Waals surface area contributed by atoms with Crippen LogP contribution in [0.25, 0.3) is 21.8 Å². The van der Waals surface area contributed by atoms with Gasteiger partial charge in [-0.3, -0.25) is 19.3 Å². The van der Waals surface area contributed by atoms with Crippen LogP contribution in [0.5, 0.6) is 0 Å². The van der Waals surface area contributed by atoms with Crippen molar-refractivity contribution in [2.75, 3.05) is 14.1 Å². The van der Waals surface area contributed by atoms with Gasteiger partial charge in [-0.15, -0.1) is 0 Å². The lowest BCUT2D eigenvalue weighted by Gasteiger charge is -2.36. The topological polar surface area (TPSA) is 140 Å². The number of hydrogen-bond donors (Lipinski definition) is 4. The monoisotopic (exact) mass is 616 g/mol. The van der Waals surface area contributed by atoms with Crippen LogP contribution >= 0.6 is 0 Å². The van der Waals surface area contributed by atoms with Gasteiger partial charge in [0.2, 0.25) is 17.7 Å². The van der Waals surface area contributed by atoms with Crippen LogP contribution in [0.1, 0.15) is 52.7 Å². The van der Waals surface area contributed by atoms with Gasteiger partial charge in [0.05, 0.1) is 0 Å². The molecule has 45 heavy (non-hydrogen) atoms. The van der Waals surface area contributed by atoms with E-state index in [-0.39, 0.29) is 12.3 Å². The molecule has 0 saturated carbocycles. The Labute approximate surface area is 263 Å². The van der Waals surface area contributed by atoms with E-state index >= 15 is 0 Å². The molecule has 0 radical (unpaired) electrons. The molecule has 0 spiro atoms. The number of ether oxygens (including phenoxy) is 1. The smallest absolute Gasteiger partial charge is 0.410 e. The number of carbonyl (C=O) groups excluding carboxylic acids is 4. The van der Waals surface area contributed by atoms with Crippen LogP contribution in [-0.2, 0) is 32.0 Å². The second kappa shape index (κ2) is 13.1. The van der Waals surface area contributed by atoms with Gasteiger partial charge < -0.3 is 30.2 Å². The van der Waals surface area contributed by atoms with Crippen molar-refractivity contribution in [3.8, 4) is 0 Å². The van der Waals surface area contributed by atoms with E-state index in [4.69, 9.17) is 4.74 Å². The molecule has 240 valence electrons. The van der Waals surface area contributed by atoms with Crippen molar-refractivity contribution in [1.82, 2.24) is 30.4 Å². The number of para-hydroxylation sites is 2. The first-order valence-corrected chi connectivity index (χ1v) is 15.0. The summed E-state index contributed by atoms with van der Waals surface area (Å²) in [7, 11) is 3.12. The van der Waals surface area contributed by atoms with Crippen molar-refractivity contribution in [1.29, 1.82) is 0 Å². The molecule has 0 aliphatic carbocycles. The lowest BCUT2D eigenvalue weighted by atomic mass is 9.99. The molecule has 11 heteroatoms. The predicted molar refractivity (Wildman–Crippen MR) is 174 cm³/mol. The van der Waals surface area contributed by atoms with Crippen molar-refractivity contribution in [2.24, 2.45) is 0 Å². The predicted octanol–water partition coefficient (Wildman–Crippen LogP) is 4.49. The zero-order valence-electron chi connectivity index (χ0n) is 27.3. The molecule has 11 nitrogen and oxygen atoms in total. The van der Waals surface area contributed by atoms with E-state index in [1.165, 1.54) is 23.8 Å². The summed E-state index contributed by atoms with van der Waals surface area (Å²) in [6, 6.07) is 14.5. The highest BCUT2D eigenvalue weighted by Crippen LogP contribution is 2.23. The second-order valence-corrected chi connectivity index (χ2v) is 12.9.